The number of unbranched alkanes of at least 4 members (excludes halogenated alkanes) is 2. The van der Waals surface area contributed by atoms with E-state index in [-0.39, 0.29) is 47.6 Å². The van der Waals surface area contributed by atoms with Gasteiger partial charge in [0.25, 0.3) is 0 Å². The van der Waals surface area contributed by atoms with Crippen molar-refractivity contribution in [2.24, 2.45) is 0 Å². The van der Waals surface area contributed by atoms with Crippen LogP contribution >= 0.6 is 11.8 Å². The van der Waals surface area contributed by atoms with Gasteiger partial charge in [0.15, 0.2) is 11.6 Å². The number of rotatable bonds is 37. The second kappa shape index (κ2) is 33.4. The molecule has 3 aromatic rings. The van der Waals surface area contributed by atoms with E-state index >= 15 is 0 Å². The number of anilines is 5. The maximum Gasteiger partial charge on any atom is 0.317 e. The molecule has 5 amide bonds. The molecule has 2 fully saturated rings. The van der Waals surface area contributed by atoms with E-state index in [0.29, 0.717) is 114 Å². The smallest absolute Gasteiger partial charge is 0.317 e. The molecule has 2 aliphatic rings. The maximum absolute atomic E-state index is 14.5. The van der Waals surface area contributed by atoms with Crippen molar-refractivity contribution in [3.63, 3.8) is 0 Å². The fourth-order valence-electron chi connectivity index (χ4n) is 8.26. The second-order valence-corrected chi connectivity index (χ2v) is 19.6. The quantitative estimate of drug-likeness (QED) is 0.0147. The summed E-state index contributed by atoms with van der Waals surface area (Å²) >= 11 is 1.92. The summed E-state index contributed by atoms with van der Waals surface area (Å²) in [6.45, 7) is 8.06. The fraction of sp³-hybridized carbons (Fsp3) is 0.577. The minimum atomic E-state index is -0.685. The number of benzene rings is 2. The van der Waals surface area contributed by atoms with Gasteiger partial charge in [0.05, 0.1) is 44.7 Å². The highest BCUT2D eigenvalue weighted by atomic mass is 32.2. The third-order valence-corrected chi connectivity index (χ3v) is 13.6. The molecule has 0 bridgehead atoms. The normalized spacial score (nSPS) is 16.7. The van der Waals surface area contributed by atoms with E-state index < -0.39 is 12.0 Å². The predicted octanol–water partition coefficient (Wildman–Crippen LogP) is 5.83. The summed E-state index contributed by atoms with van der Waals surface area (Å²) < 4.78 is 31.2. The van der Waals surface area contributed by atoms with Crippen LogP contribution in [-0.4, -0.2) is 164 Å². The number of fused-ring (bicyclic) bond motifs is 1. The number of urea groups is 1. The van der Waals surface area contributed by atoms with Crippen LogP contribution in [0, 0.1) is 12.7 Å². The Labute approximate surface area is 434 Å². The molecular weight excluding hydrogens is 958 g/mol. The zero-order valence-corrected chi connectivity index (χ0v) is 43.6. The van der Waals surface area contributed by atoms with Gasteiger partial charge in [0, 0.05) is 86.9 Å². The number of carbonyl (C=O) groups is 4. The van der Waals surface area contributed by atoms with Crippen molar-refractivity contribution in [2.45, 2.75) is 101 Å². The lowest BCUT2D eigenvalue weighted by Gasteiger charge is -2.23. The lowest BCUT2D eigenvalue weighted by molar-refractivity contribution is -0.122. The minimum Gasteiger partial charge on any atom is -0.379 e. The number of aryl methyl sites for hydroxylation is 1. The van der Waals surface area contributed by atoms with Gasteiger partial charge in [-0.25, -0.2) is 14.2 Å². The summed E-state index contributed by atoms with van der Waals surface area (Å²) in [5, 5.41) is 31.6. The number of halogens is 1. The number of nitrogens with one attached hydrogen (secondary N) is 7. The standard InChI is InChI=1S/C52H78FN11O8S/c1-38-14-8-15-39(34-38)59-50-42(53)36-57-51(62-50)60-41-17-9-16-40(35-41)58-48(68)22-11-27-63(2)26-7-6-23-54-46(66)20-10-21-47(67)56-25-13-29-71-31-33-72-32-30-70-28-12-24-55-45(65)19-5-4-18-44-49-43(37-73-44)61-52(69)64(49)3/h8-9,11,14-17,22,34-36,43-44,47,49,56,67H,4-7,10,12-13,18-21,23-33,37H2,1-3H3,(H,54,66)(H,55,65)(H,58,68)(H,61,69)(H2,57,59,60,62)/b22-11+/t43-,44-,47?,49?/m0/s1. The molecule has 2 aromatic carbocycles. The van der Waals surface area contributed by atoms with Gasteiger partial charge >= 0.3 is 6.03 Å². The Bertz CT molecular complexity index is 2180. The fourth-order valence-corrected chi connectivity index (χ4v) is 9.90. The van der Waals surface area contributed by atoms with Crippen molar-refractivity contribution in [1.29, 1.82) is 0 Å². The summed E-state index contributed by atoms with van der Waals surface area (Å²) in [6, 6.07) is 15.1. The highest BCUT2D eigenvalue weighted by Crippen LogP contribution is 2.36. The lowest BCUT2D eigenvalue weighted by Crippen LogP contribution is -2.38. The number of aliphatic hydroxyl groups excluding tert-OH is 1. The van der Waals surface area contributed by atoms with Gasteiger partial charge in [-0.3, -0.25) is 19.7 Å². The Kier molecular flexibility index (Phi) is 26.8. The molecule has 3 heterocycles. The predicted molar refractivity (Wildman–Crippen MR) is 285 cm³/mol. The first-order chi connectivity index (χ1) is 35.4. The van der Waals surface area contributed by atoms with Crippen molar-refractivity contribution >= 4 is 64.3 Å². The van der Waals surface area contributed by atoms with Crippen LogP contribution < -0.4 is 37.2 Å². The number of hydrogen-bond donors (Lipinski definition) is 8. The first-order valence-corrected chi connectivity index (χ1v) is 26.7. The Morgan fingerprint density at radius 3 is 2.30 bits per heavy atom. The number of aliphatic hydroxyl groups is 1. The molecule has 19 nitrogen and oxygen atoms in total. The number of aromatic nitrogens is 2. The Morgan fingerprint density at radius 1 is 0.877 bits per heavy atom. The third-order valence-electron chi connectivity index (χ3n) is 12.1. The van der Waals surface area contributed by atoms with Crippen LogP contribution in [0.25, 0.3) is 0 Å². The molecule has 0 saturated carbocycles. The monoisotopic (exact) mass is 1040 g/mol. The molecule has 0 aliphatic carbocycles. The van der Waals surface area contributed by atoms with Gasteiger partial charge in [-0.05, 0) is 114 Å². The number of hydrogen-bond acceptors (Lipinski definition) is 15. The summed E-state index contributed by atoms with van der Waals surface area (Å²) in [6.07, 6.45) is 11.6. The van der Waals surface area contributed by atoms with E-state index in [1.165, 1.54) is 6.08 Å². The first kappa shape index (κ1) is 58.5. The van der Waals surface area contributed by atoms with Crippen LogP contribution in [0.1, 0.15) is 76.2 Å². The van der Waals surface area contributed by atoms with Gasteiger partial charge in [-0.1, -0.05) is 30.7 Å². The van der Waals surface area contributed by atoms with Crippen LogP contribution in [0.15, 0.2) is 66.9 Å². The number of amides is 5. The molecule has 4 atom stereocenters. The molecule has 0 spiro atoms. The van der Waals surface area contributed by atoms with Crippen molar-refractivity contribution in [1.82, 2.24) is 41.0 Å². The Morgan fingerprint density at radius 2 is 1.55 bits per heavy atom. The van der Waals surface area contributed by atoms with Crippen molar-refractivity contribution in [3.05, 3.63) is 78.3 Å². The van der Waals surface area contributed by atoms with Crippen molar-refractivity contribution < 1.29 is 42.9 Å². The van der Waals surface area contributed by atoms with Crippen LogP contribution in [-0.2, 0) is 28.6 Å². The molecule has 402 valence electrons. The molecule has 1 aromatic heterocycles. The molecule has 2 saturated heterocycles. The van der Waals surface area contributed by atoms with Gasteiger partial charge < -0.3 is 61.0 Å². The van der Waals surface area contributed by atoms with Gasteiger partial charge in [0.1, 0.15) is 6.23 Å². The average molecular weight is 1040 g/mol. The van der Waals surface area contributed by atoms with Crippen LogP contribution in [0.5, 0.6) is 0 Å². The summed E-state index contributed by atoms with van der Waals surface area (Å²) in [5.41, 5.74) is 2.92. The second-order valence-electron chi connectivity index (χ2n) is 18.3. The number of thioether (sulfide) groups is 1. The van der Waals surface area contributed by atoms with E-state index in [0.717, 1.165) is 69.0 Å². The average Bonchev–Trinajstić information content (AvgIpc) is 3.89. The van der Waals surface area contributed by atoms with E-state index in [2.05, 4.69) is 52.1 Å². The molecule has 0 radical (unpaired) electrons. The molecule has 8 N–H and O–H groups in total. The Balaban J connectivity index is 0.754. The van der Waals surface area contributed by atoms with Crippen LogP contribution in [0.4, 0.5) is 38.0 Å². The van der Waals surface area contributed by atoms with Crippen LogP contribution in [0.3, 0.4) is 0 Å². The van der Waals surface area contributed by atoms with E-state index in [1.807, 2.05) is 61.9 Å². The van der Waals surface area contributed by atoms with Crippen molar-refractivity contribution in [2.75, 3.05) is 108 Å². The van der Waals surface area contributed by atoms with Gasteiger partial charge in [0.2, 0.25) is 23.7 Å². The number of nitrogens with zero attached hydrogens (tertiary/aromatic N) is 4. The zero-order chi connectivity index (χ0) is 52.0. The third kappa shape index (κ3) is 23.1. The number of ether oxygens (including phenoxy) is 3. The molecule has 21 heteroatoms. The van der Waals surface area contributed by atoms with E-state index in [1.54, 1.807) is 30.3 Å². The van der Waals surface area contributed by atoms with E-state index in [9.17, 15) is 28.7 Å². The number of carbonyl (C=O) groups excluding carboxylic acids is 4. The molecule has 5 rings (SSSR count). The summed E-state index contributed by atoms with van der Waals surface area (Å²) in [5.74, 6) is 0.372. The first-order valence-electron chi connectivity index (χ1n) is 25.7. The SMILES string of the molecule is Cc1cccc(Nc2nc(Nc3cccc(NC(=O)/C=C/CN(C)CCCCNC(=O)CCCC(O)NCCCOCCOCCOCCCNC(=O)CCCC[C@@H]4SC[C@@H]5NC(=O)N(C)C54)c3)ncc2F)c1. The minimum absolute atomic E-state index is 0.0218. The topological polar surface area (TPSA) is 233 Å². The summed E-state index contributed by atoms with van der Waals surface area (Å²) in [4.78, 5) is 61.3. The van der Waals surface area contributed by atoms with Gasteiger partial charge in [-0.2, -0.15) is 16.7 Å². The number of likely N-dealkylation sites (N-methyl/N-ethyl adjacent to an activating group) is 2. The molecule has 2 aliphatic heterocycles. The van der Waals surface area contributed by atoms with Crippen LogP contribution in [0.2, 0.25) is 0 Å². The van der Waals surface area contributed by atoms with Gasteiger partial charge in [-0.15, -0.1) is 0 Å². The summed E-state index contributed by atoms with van der Waals surface area (Å²) in [7, 11) is 3.84. The molecule has 2 unspecified atom stereocenters. The lowest BCUT2D eigenvalue weighted by atomic mass is 10.0. The highest BCUT2D eigenvalue weighted by Gasteiger charge is 2.46. The molecular formula is C52H78FN11O8S. The zero-order valence-electron chi connectivity index (χ0n) is 42.8. The highest BCUT2D eigenvalue weighted by molar-refractivity contribution is 8.00. The Hall–Kier alpha value is -5.42. The maximum atomic E-state index is 14.5. The van der Waals surface area contributed by atoms with Crippen molar-refractivity contribution in [3.8, 4) is 0 Å². The van der Waals surface area contributed by atoms with E-state index in [4.69, 9.17) is 14.2 Å². The molecule has 73 heavy (non-hydrogen) atoms. The largest absolute Gasteiger partial charge is 0.379 e.